The van der Waals surface area contributed by atoms with Crippen LogP contribution in [0.1, 0.15) is 83.5 Å². The minimum atomic E-state index is 0.339. The highest BCUT2D eigenvalue weighted by molar-refractivity contribution is 5.76. The molecule has 0 aromatic heterocycles. The van der Waals surface area contributed by atoms with Gasteiger partial charge in [0.2, 0.25) is 5.91 Å². The largest absolute Gasteiger partial charge is 0.275 e. The quantitative estimate of drug-likeness (QED) is 0.783. The predicted molar refractivity (Wildman–Crippen MR) is 78.7 cm³/mol. The van der Waals surface area contributed by atoms with Gasteiger partial charge in [0.25, 0.3) is 0 Å². The zero-order chi connectivity index (χ0) is 13.3. The molecule has 19 heavy (non-hydrogen) atoms. The number of rotatable bonds is 1. The summed E-state index contributed by atoms with van der Waals surface area (Å²) in [5.41, 5.74) is 3.43. The monoisotopic (exact) mass is 266 g/mol. The first-order chi connectivity index (χ1) is 9.38. The molecule has 0 spiro atoms. The van der Waals surface area contributed by atoms with E-state index in [1.165, 1.54) is 70.6 Å². The van der Waals surface area contributed by atoms with Gasteiger partial charge in [0.1, 0.15) is 0 Å². The molecule has 1 N–H and O–H groups in total. The highest BCUT2D eigenvalue weighted by Crippen LogP contribution is 2.21. The Balaban J connectivity index is 1.94. The summed E-state index contributed by atoms with van der Waals surface area (Å²) < 4.78 is 0. The average molecular weight is 266 g/mol. The molecule has 2 aliphatic rings. The normalized spacial score (nSPS) is 25.7. The molecule has 1 amide bonds. The van der Waals surface area contributed by atoms with E-state index < -0.39 is 0 Å². The van der Waals surface area contributed by atoms with E-state index in [0.717, 1.165) is 19.4 Å². The molecule has 0 aromatic carbocycles. The van der Waals surface area contributed by atoms with Crippen LogP contribution >= 0.6 is 0 Å². The van der Waals surface area contributed by atoms with Crippen LogP contribution in [0.5, 0.6) is 0 Å². The molecule has 2 fully saturated rings. The van der Waals surface area contributed by atoms with E-state index >= 15 is 0 Å². The van der Waals surface area contributed by atoms with Crippen LogP contribution in [-0.4, -0.2) is 23.5 Å². The summed E-state index contributed by atoms with van der Waals surface area (Å²) >= 11 is 0. The van der Waals surface area contributed by atoms with Crippen molar-refractivity contribution in [3.63, 3.8) is 0 Å². The summed E-state index contributed by atoms with van der Waals surface area (Å²) in [5.74, 6) is 0.339. The van der Waals surface area contributed by atoms with Crippen molar-refractivity contribution >= 4 is 5.91 Å². The van der Waals surface area contributed by atoms with Crippen molar-refractivity contribution in [1.82, 2.24) is 10.4 Å². The van der Waals surface area contributed by atoms with Gasteiger partial charge in [0.15, 0.2) is 0 Å². The third kappa shape index (κ3) is 5.13. The van der Waals surface area contributed by atoms with Gasteiger partial charge in [-0.25, -0.2) is 5.43 Å². The van der Waals surface area contributed by atoms with E-state index in [9.17, 15) is 4.79 Å². The molecule has 3 heteroatoms. The van der Waals surface area contributed by atoms with Crippen molar-refractivity contribution in [1.29, 1.82) is 0 Å². The summed E-state index contributed by atoms with van der Waals surface area (Å²) in [5, 5.41) is 2.02. The number of nitrogens with zero attached hydrogens (tertiary/aromatic N) is 1. The van der Waals surface area contributed by atoms with Crippen LogP contribution in [-0.2, 0) is 4.79 Å². The Kier molecular flexibility index (Phi) is 6.69. The lowest BCUT2D eigenvalue weighted by Crippen LogP contribution is -2.49. The van der Waals surface area contributed by atoms with Crippen LogP contribution < -0.4 is 5.43 Å². The molecule has 0 radical (unpaired) electrons. The van der Waals surface area contributed by atoms with Gasteiger partial charge in [-0.3, -0.25) is 9.80 Å². The smallest absolute Gasteiger partial charge is 0.236 e. The molecule has 110 valence electrons. The SMILES string of the molecule is O=C1CCCCCCNN1C1CCCCCCCC1. The number of carbonyl (C=O) groups is 1. The molecular formula is C16H30N2O. The van der Waals surface area contributed by atoms with Gasteiger partial charge in [-0.2, -0.15) is 0 Å². The maximum absolute atomic E-state index is 12.4. The van der Waals surface area contributed by atoms with Crippen molar-refractivity contribution in [2.75, 3.05) is 6.54 Å². The molecule has 1 aliphatic heterocycles. The molecule has 0 aromatic rings. The Hall–Kier alpha value is -0.570. The first-order valence-corrected chi connectivity index (χ1v) is 8.43. The van der Waals surface area contributed by atoms with Crippen molar-refractivity contribution in [3.8, 4) is 0 Å². The Morgan fingerprint density at radius 2 is 1.37 bits per heavy atom. The molecule has 1 saturated carbocycles. The Morgan fingerprint density at radius 1 is 0.789 bits per heavy atom. The van der Waals surface area contributed by atoms with Gasteiger partial charge < -0.3 is 0 Å². The van der Waals surface area contributed by atoms with Crippen LogP contribution in [0.15, 0.2) is 0 Å². The van der Waals surface area contributed by atoms with E-state index in [4.69, 9.17) is 0 Å². The van der Waals surface area contributed by atoms with Gasteiger partial charge in [-0.1, -0.05) is 51.4 Å². The highest BCUT2D eigenvalue weighted by atomic mass is 16.2. The standard InChI is InChI=1S/C16H30N2O/c19-16-13-9-5-6-10-14-17-18(16)15-11-7-3-1-2-4-8-12-15/h15,17H,1-14H2. The predicted octanol–water partition coefficient (Wildman–Crippen LogP) is 3.79. The maximum atomic E-state index is 12.4. The summed E-state index contributed by atoms with van der Waals surface area (Å²) in [4.78, 5) is 12.4. The van der Waals surface area contributed by atoms with Crippen LogP contribution in [0.2, 0.25) is 0 Å². The molecule has 3 nitrogen and oxygen atoms in total. The first-order valence-electron chi connectivity index (χ1n) is 8.43. The molecule has 1 aliphatic carbocycles. The lowest BCUT2D eigenvalue weighted by Gasteiger charge is -2.32. The number of carbonyl (C=O) groups excluding carboxylic acids is 1. The van der Waals surface area contributed by atoms with Crippen molar-refractivity contribution in [2.24, 2.45) is 0 Å². The maximum Gasteiger partial charge on any atom is 0.236 e. The molecule has 2 rings (SSSR count). The Labute approximate surface area is 118 Å². The number of hydrogen-bond acceptors (Lipinski definition) is 2. The molecule has 1 heterocycles. The average Bonchev–Trinajstić information content (AvgIpc) is 2.60. The van der Waals surface area contributed by atoms with Crippen molar-refractivity contribution in [3.05, 3.63) is 0 Å². The van der Waals surface area contributed by atoms with Crippen molar-refractivity contribution in [2.45, 2.75) is 89.5 Å². The third-order valence-electron chi connectivity index (χ3n) is 4.56. The Bertz CT molecular complexity index is 257. The van der Waals surface area contributed by atoms with Gasteiger partial charge >= 0.3 is 0 Å². The van der Waals surface area contributed by atoms with E-state index in [0.29, 0.717) is 11.9 Å². The van der Waals surface area contributed by atoms with Crippen LogP contribution in [0.3, 0.4) is 0 Å². The summed E-state index contributed by atoms with van der Waals surface area (Å²) in [6.07, 6.45) is 15.9. The molecule has 0 unspecified atom stereocenters. The van der Waals surface area contributed by atoms with Crippen LogP contribution in [0, 0.1) is 0 Å². The molecule has 1 saturated heterocycles. The minimum Gasteiger partial charge on any atom is -0.275 e. The topological polar surface area (TPSA) is 32.3 Å². The van der Waals surface area contributed by atoms with E-state index in [-0.39, 0.29) is 0 Å². The second kappa shape index (κ2) is 8.57. The van der Waals surface area contributed by atoms with Gasteiger partial charge in [0, 0.05) is 19.0 Å². The number of hydrazine groups is 1. The fraction of sp³-hybridized carbons (Fsp3) is 0.938. The van der Waals surface area contributed by atoms with Crippen LogP contribution in [0.4, 0.5) is 0 Å². The minimum absolute atomic E-state index is 0.339. The number of amides is 1. The van der Waals surface area contributed by atoms with E-state index in [1.807, 2.05) is 5.01 Å². The Morgan fingerprint density at radius 3 is 2.11 bits per heavy atom. The van der Waals surface area contributed by atoms with Gasteiger partial charge in [0.05, 0.1) is 0 Å². The summed E-state index contributed by atoms with van der Waals surface area (Å²) in [7, 11) is 0. The number of hydrogen-bond donors (Lipinski definition) is 1. The third-order valence-corrected chi connectivity index (χ3v) is 4.56. The lowest BCUT2D eigenvalue weighted by molar-refractivity contribution is -0.137. The fourth-order valence-corrected chi connectivity index (χ4v) is 3.37. The van der Waals surface area contributed by atoms with E-state index in [1.54, 1.807) is 0 Å². The van der Waals surface area contributed by atoms with Gasteiger partial charge in [-0.05, 0) is 25.7 Å². The fourth-order valence-electron chi connectivity index (χ4n) is 3.37. The molecular weight excluding hydrogens is 236 g/mol. The summed E-state index contributed by atoms with van der Waals surface area (Å²) in [6, 6.07) is 0.448. The summed E-state index contributed by atoms with van der Waals surface area (Å²) in [6.45, 7) is 0.974. The lowest BCUT2D eigenvalue weighted by atomic mass is 10.0. The highest BCUT2D eigenvalue weighted by Gasteiger charge is 2.23. The zero-order valence-electron chi connectivity index (χ0n) is 12.3. The molecule has 0 atom stereocenters. The second-order valence-corrected chi connectivity index (χ2v) is 6.19. The van der Waals surface area contributed by atoms with Crippen LogP contribution in [0.25, 0.3) is 0 Å². The van der Waals surface area contributed by atoms with E-state index in [2.05, 4.69) is 5.43 Å². The molecule has 0 bridgehead atoms. The van der Waals surface area contributed by atoms with Gasteiger partial charge in [-0.15, -0.1) is 0 Å². The van der Waals surface area contributed by atoms with Crippen molar-refractivity contribution < 1.29 is 4.79 Å². The zero-order valence-corrected chi connectivity index (χ0v) is 12.3. The number of nitrogens with one attached hydrogen (secondary N) is 1. The first kappa shape index (κ1) is 14.8. The second-order valence-electron chi connectivity index (χ2n) is 6.19.